The molecule has 2 unspecified atom stereocenters. The van der Waals surface area contributed by atoms with Gasteiger partial charge in [-0.15, -0.1) is 0 Å². The maximum Gasteiger partial charge on any atom is 0.122 e. The van der Waals surface area contributed by atoms with Crippen LogP contribution in [-0.4, -0.2) is 37.7 Å². The summed E-state index contributed by atoms with van der Waals surface area (Å²) in [6, 6.07) is 7.75. The number of nitrogens with one attached hydrogen (secondary N) is 1. The Morgan fingerprint density at radius 1 is 1.40 bits per heavy atom. The first kappa shape index (κ1) is 13.9. The molecule has 1 saturated heterocycles. The van der Waals surface area contributed by atoms with Crippen LogP contribution in [0.4, 0.5) is 0 Å². The van der Waals surface area contributed by atoms with Crippen LogP contribution in [0, 0.1) is 0 Å². The molecule has 0 radical (unpaired) electrons. The van der Waals surface area contributed by atoms with Crippen LogP contribution in [0.1, 0.15) is 43.4 Å². The van der Waals surface area contributed by atoms with Crippen LogP contribution in [0.2, 0.25) is 0 Å². The Bertz CT molecular complexity index is 460. The van der Waals surface area contributed by atoms with Gasteiger partial charge in [0.15, 0.2) is 0 Å². The standard InChI is InChI=1S/C17H26N2O/c1-13(18-12-16-5-3-4-9-19(16)2)14-6-7-17-15(11-14)8-10-20-17/h6-7,11,13,16,18H,3-5,8-10,12H2,1-2H3. The number of likely N-dealkylation sites (N-methyl/N-ethyl adjacent to an activating group) is 1. The topological polar surface area (TPSA) is 24.5 Å². The molecule has 0 saturated carbocycles. The van der Waals surface area contributed by atoms with Gasteiger partial charge >= 0.3 is 0 Å². The molecule has 0 spiro atoms. The third-order valence-electron chi connectivity index (χ3n) is 4.79. The van der Waals surface area contributed by atoms with Gasteiger partial charge in [-0.25, -0.2) is 0 Å². The lowest BCUT2D eigenvalue weighted by molar-refractivity contribution is 0.178. The SMILES string of the molecule is CC(NCC1CCCCN1C)c1ccc2c(c1)CCO2. The summed E-state index contributed by atoms with van der Waals surface area (Å²) in [5.74, 6) is 1.08. The first-order valence-electron chi connectivity index (χ1n) is 7.93. The van der Waals surface area contributed by atoms with Gasteiger partial charge in [0.05, 0.1) is 6.61 Å². The third-order valence-corrected chi connectivity index (χ3v) is 4.79. The first-order chi connectivity index (χ1) is 9.74. The zero-order chi connectivity index (χ0) is 13.9. The zero-order valence-electron chi connectivity index (χ0n) is 12.7. The van der Waals surface area contributed by atoms with Crippen LogP contribution < -0.4 is 10.1 Å². The van der Waals surface area contributed by atoms with Crippen molar-refractivity contribution in [2.45, 2.75) is 44.7 Å². The number of rotatable bonds is 4. The van der Waals surface area contributed by atoms with Crippen LogP contribution in [0.5, 0.6) is 5.75 Å². The number of fused-ring (bicyclic) bond motifs is 1. The van der Waals surface area contributed by atoms with Crippen molar-refractivity contribution in [3.8, 4) is 5.75 Å². The lowest BCUT2D eigenvalue weighted by Crippen LogP contribution is -2.43. The number of benzene rings is 1. The highest BCUT2D eigenvalue weighted by molar-refractivity contribution is 5.40. The number of hydrogen-bond acceptors (Lipinski definition) is 3. The molecule has 0 bridgehead atoms. The third kappa shape index (κ3) is 2.99. The molecule has 0 aliphatic carbocycles. The summed E-state index contributed by atoms with van der Waals surface area (Å²) in [6.45, 7) is 5.44. The van der Waals surface area contributed by atoms with Crippen molar-refractivity contribution in [1.29, 1.82) is 0 Å². The molecule has 3 rings (SSSR count). The predicted octanol–water partition coefficient (Wildman–Crippen LogP) is 2.76. The minimum absolute atomic E-state index is 0.413. The van der Waals surface area contributed by atoms with Gasteiger partial charge in [-0.2, -0.15) is 0 Å². The van der Waals surface area contributed by atoms with Gasteiger partial charge in [-0.3, -0.25) is 0 Å². The molecule has 0 aromatic heterocycles. The maximum absolute atomic E-state index is 5.58. The average Bonchev–Trinajstić information content (AvgIpc) is 2.93. The van der Waals surface area contributed by atoms with Gasteiger partial charge in [0, 0.05) is 25.0 Å². The summed E-state index contributed by atoms with van der Waals surface area (Å²) >= 11 is 0. The molecule has 3 heteroatoms. The van der Waals surface area contributed by atoms with Crippen LogP contribution in [0.15, 0.2) is 18.2 Å². The molecule has 1 aromatic rings. The van der Waals surface area contributed by atoms with Crippen molar-refractivity contribution in [2.24, 2.45) is 0 Å². The summed E-state index contributed by atoms with van der Waals surface area (Å²) in [4.78, 5) is 2.50. The number of piperidine rings is 1. The highest BCUT2D eigenvalue weighted by atomic mass is 16.5. The molecule has 110 valence electrons. The van der Waals surface area contributed by atoms with Crippen molar-refractivity contribution < 1.29 is 4.74 Å². The Morgan fingerprint density at radius 2 is 2.30 bits per heavy atom. The van der Waals surface area contributed by atoms with Crippen molar-refractivity contribution in [2.75, 3.05) is 26.7 Å². The lowest BCUT2D eigenvalue weighted by Gasteiger charge is -2.33. The van der Waals surface area contributed by atoms with E-state index in [2.05, 4.69) is 42.4 Å². The number of nitrogens with zero attached hydrogens (tertiary/aromatic N) is 1. The first-order valence-corrected chi connectivity index (χ1v) is 7.93. The van der Waals surface area contributed by atoms with Crippen LogP contribution in [-0.2, 0) is 6.42 Å². The van der Waals surface area contributed by atoms with Crippen molar-refractivity contribution in [1.82, 2.24) is 10.2 Å². The van der Waals surface area contributed by atoms with E-state index in [9.17, 15) is 0 Å². The molecule has 2 atom stereocenters. The second-order valence-corrected chi connectivity index (χ2v) is 6.23. The van der Waals surface area contributed by atoms with Crippen molar-refractivity contribution >= 4 is 0 Å². The van der Waals surface area contributed by atoms with E-state index in [4.69, 9.17) is 4.74 Å². The molecule has 1 aromatic carbocycles. The van der Waals surface area contributed by atoms with Crippen molar-refractivity contribution in [3.63, 3.8) is 0 Å². The average molecular weight is 274 g/mol. The van der Waals surface area contributed by atoms with E-state index in [-0.39, 0.29) is 0 Å². The van der Waals surface area contributed by atoms with Gasteiger partial charge in [0.25, 0.3) is 0 Å². The second kappa shape index (κ2) is 6.15. The number of ether oxygens (including phenoxy) is 1. The predicted molar refractivity (Wildman–Crippen MR) is 82.3 cm³/mol. The number of likely N-dealkylation sites (tertiary alicyclic amines) is 1. The summed E-state index contributed by atoms with van der Waals surface area (Å²) in [7, 11) is 2.25. The van der Waals surface area contributed by atoms with E-state index in [1.807, 2.05) is 0 Å². The largest absolute Gasteiger partial charge is 0.493 e. The smallest absolute Gasteiger partial charge is 0.122 e. The maximum atomic E-state index is 5.58. The van der Waals surface area contributed by atoms with Crippen molar-refractivity contribution in [3.05, 3.63) is 29.3 Å². The summed E-state index contributed by atoms with van der Waals surface area (Å²) < 4.78 is 5.58. The van der Waals surface area contributed by atoms with E-state index < -0.39 is 0 Å². The van der Waals surface area contributed by atoms with E-state index in [0.29, 0.717) is 12.1 Å². The van der Waals surface area contributed by atoms with E-state index in [1.165, 1.54) is 36.9 Å². The van der Waals surface area contributed by atoms with E-state index >= 15 is 0 Å². The summed E-state index contributed by atoms with van der Waals surface area (Å²) in [6.07, 6.45) is 5.12. The van der Waals surface area contributed by atoms with Crippen LogP contribution in [0.25, 0.3) is 0 Å². The van der Waals surface area contributed by atoms with Gasteiger partial charge in [0.2, 0.25) is 0 Å². The van der Waals surface area contributed by atoms with Gasteiger partial charge in [-0.1, -0.05) is 18.6 Å². The minimum atomic E-state index is 0.413. The monoisotopic (exact) mass is 274 g/mol. The Kier molecular flexibility index (Phi) is 4.27. The van der Waals surface area contributed by atoms with E-state index in [1.54, 1.807) is 0 Å². The van der Waals surface area contributed by atoms with E-state index in [0.717, 1.165) is 25.3 Å². The Hall–Kier alpha value is -1.06. The molecular formula is C17H26N2O. The molecule has 1 N–H and O–H groups in total. The molecule has 20 heavy (non-hydrogen) atoms. The minimum Gasteiger partial charge on any atom is -0.493 e. The van der Waals surface area contributed by atoms with Gasteiger partial charge in [-0.05, 0) is 50.6 Å². The zero-order valence-corrected chi connectivity index (χ0v) is 12.7. The molecule has 1 fully saturated rings. The fourth-order valence-corrected chi connectivity index (χ4v) is 3.31. The number of hydrogen-bond donors (Lipinski definition) is 1. The quantitative estimate of drug-likeness (QED) is 0.913. The molecule has 3 nitrogen and oxygen atoms in total. The highest BCUT2D eigenvalue weighted by Crippen LogP contribution is 2.28. The fraction of sp³-hybridized carbons (Fsp3) is 0.647. The summed E-state index contributed by atoms with van der Waals surface area (Å²) in [5, 5.41) is 3.71. The van der Waals surface area contributed by atoms with Crippen LogP contribution >= 0.6 is 0 Å². The van der Waals surface area contributed by atoms with Gasteiger partial charge < -0.3 is 15.0 Å². The highest BCUT2D eigenvalue weighted by Gasteiger charge is 2.20. The van der Waals surface area contributed by atoms with Crippen LogP contribution in [0.3, 0.4) is 0 Å². The fourth-order valence-electron chi connectivity index (χ4n) is 3.31. The Labute approximate surface area is 122 Å². The lowest BCUT2D eigenvalue weighted by atomic mass is 10.0. The van der Waals surface area contributed by atoms with Gasteiger partial charge in [0.1, 0.15) is 5.75 Å². The Balaban J connectivity index is 1.57. The molecule has 0 amide bonds. The summed E-state index contributed by atoms with van der Waals surface area (Å²) in [5.41, 5.74) is 2.75. The molecule has 2 aliphatic rings. The molecule has 2 aliphatic heterocycles. The normalized spacial score (nSPS) is 24.2. The second-order valence-electron chi connectivity index (χ2n) is 6.23. The Morgan fingerprint density at radius 3 is 3.15 bits per heavy atom. The molecular weight excluding hydrogens is 248 g/mol. The molecule has 2 heterocycles.